The number of aliphatic hydroxyl groups excluding tert-OH is 1. The van der Waals surface area contributed by atoms with Gasteiger partial charge in [0.25, 0.3) is 5.91 Å². The largest absolute Gasteiger partial charge is 0.395 e. The van der Waals surface area contributed by atoms with E-state index >= 15 is 0 Å². The Morgan fingerprint density at radius 3 is 3.00 bits per heavy atom. The van der Waals surface area contributed by atoms with Crippen molar-refractivity contribution in [1.29, 1.82) is 0 Å². The Bertz CT molecular complexity index is 401. The van der Waals surface area contributed by atoms with Crippen molar-refractivity contribution in [3.8, 4) is 0 Å². The fourth-order valence-electron chi connectivity index (χ4n) is 1.75. The molecular formula is C12H18N2O4. The summed E-state index contributed by atoms with van der Waals surface area (Å²) < 4.78 is 10.1. The lowest BCUT2D eigenvalue weighted by atomic mass is 10.2. The molecule has 100 valence electrons. The van der Waals surface area contributed by atoms with Gasteiger partial charge >= 0.3 is 0 Å². The molecule has 0 aliphatic heterocycles. The number of carbonyl (C=O) groups is 1. The number of hydrogen-bond acceptors (Lipinski definition) is 5. The first kappa shape index (κ1) is 13.0. The van der Waals surface area contributed by atoms with Crippen LogP contribution in [0.2, 0.25) is 0 Å². The molecule has 18 heavy (non-hydrogen) atoms. The lowest BCUT2D eigenvalue weighted by Crippen LogP contribution is -2.36. The number of nitrogens with zero attached hydrogens (tertiary/aromatic N) is 2. The van der Waals surface area contributed by atoms with Crippen LogP contribution in [0.1, 0.15) is 35.0 Å². The first-order chi connectivity index (χ1) is 8.76. The van der Waals surface area contributed by atoms with Gasteiger partial charge < -0.3 is 19.3 Å². The number of amides is 1. The third-order valence-corrected chi connectivity index (χ3v) is 2.95. The van der Waals surface area contributed by atoms with Gasteiger partial charge in [0.05, 0.1) is 13.2 Å². The number of hydrogen-bond donors (Lipinski definition) is 1. The van der Waals surface area contributed by atoms with Crippen LogP contribution in [0.3, 0.4) is 0 Å². The molecule has 1 aliphatic rings. The van der Waals surface area contributed by atoms with Gasteiger partial charge in [-0.1, -0.05) is 5.16 Å². The van der Waals surface area contributed by atoms with Crippen LogP contribution in [0.4, 0.5) is 0 Å². The predicted molar refractivity (Wildman–Crippen MR) is 63.3 cm³/mol. The third kappa shape index (κ3) is 3.08. The van der Waals surface area contributed by atoms with E-state index in [1.165, 1.54) is 4.90 Å². The lowest BCUT2D eigenvalue weighted by Gasteiger charge is -2.19. The van der Waals surface area contributed by atoms with Gasteiger partial charge in [-0.3, -0.25) is 4.79 Å². The van der Waals surface area contributed by atoms with Crippen LogP contribution in [-0.2, 0) is 4.74 Å². The van der Waals surface area contributed by atoms with Crippen molar-refractivity contribution >= 4 is 5.91 Å². The van der Waals surface area contributed by atoms with E-state index < -0.39 is 0 Å². The first-order valence-electron chi connectivity index (χ1n) is 6.12. The number of methoxy groups -OCH3 is 1. The van der Waals surface area contributed by atoms with E-state index in [2.05, 4.69) is 5.16 Å². The van der Waals surface area contributed by atoms with E-state index in [4.69, 9.17) is 14.4 Å². The quantitative estimate of drug-likeness (QED) is 0.772. The molecule has 0 unspecified atom stereocenters. The number of rotatable bonds is 7. The minimum Gasteiger partial charge on any atom is -0.395 e. The summed E-state index contributed by atoms with van der Waals surface area (Å²) >= 11 is 0. The van der Waals surface area contributed by atoms with Crippen LogP contribution in [0.5, 0.6) is 0 Å². The number of carbonyl (C=O) groups excluding carboxylic acids is 1. The average molecular weight is 254 g/mol. The van der Waals surface area contributed by atoms with Gasteiger partial charge in [0.1, 0.15) is 5.76 Å². The van der Waals surface area contributed by atoms with Gasteiger partial charge in [-0.05, 0) is 12.8 Å². The summed E-state index contributed by atoms with van der Waals surface area (Å²) in [5, 5.41) is 12.8. The van der Waals surface area contributed by atoms with E-state index in [1.807, 2.05) is 0 Å². The van der Waals surface area contributed by atoms with Crippen molar-refractivity contribution in [1.82, 2.24) is 10.1 Å². The second-order valence-corrected chi connectivity index (χ2v) is 4.40. The summed E-state index contributed by atoms with van der Waals surface area (Å²) in [6.07, 6.45) is 2.21. The highest BCUT2D eigenvalue weighted by molar-refractivity contribution is 5.92. The zero-order valence-corrected chi connectivity index (χ0v) is 10.5. The summed E-state index contributed by atoms with van der Waals surface area (Å²) in [5.74, 6) is 0.995. The molecular weight excluding hydrogens is 236 g/mol. The van der Waals surface area contributed by atoms with Crippen molar-refractivity contribution in [2.24, 2.45) is 0 Å². The molecule has 1 aliphatic carbocycles. The predicted octanol–water partition coefficient (Wildman–Crippen LogP) is 0.633. The minimum absolute atomic E-state index is 0.0806. The van der Waals surface area contributed by atoms with E-state index in [-0.39, 0.29) is 19.1 Å². The van der Waals surface area contributed by atoms with Crippen LogP contribution < -0.4 is 0 Å². The molecule has 6 nitrogen and oxygen atoms in total. The van der Waals surface area contributed by atoms with Gasteiger partial charge in [0.2, 0.25) is 0 Å². The molecule has 1 aromatic heterocycles. The van der Waals surface area contributed by atoms with Crippen molar-refractivity contribution in [3.63, 3.8) is 0 Å². The Morgan fingerprint density at radius 2 is 2.39 bits per heavy atom. The van der Waals surface area contributed by atoms with Crippen molar-refractivity contribution < 1.29 is 19.2 Å². The maximum absolute atomic E-state index is 12.1. The molecule has 1 amide bonds. The Labute approximate surface area is 106 Å². The SMILES string of the molecule is COCCN(CCO)C(=O)c1cc(C2CC2)on1. The molecule has 1 N–H and O–H groups in total. The molecule has 1 aromatic rings. The van der Waals surface area contributed by atoms with Crippen LogP contribution >= 0.6 is 0 Å². The molecule has 1 saturated carbocycles. The van der Waals surface area contributed by atoms with Crippen LogP contribution in [0.15, 0.2) is 10.6 Å². The smallest absolute Gasteiger partial charge is 0.276 e. The third-order valence-electron chi connectivity index (χ3n) is 2.95. The number of aliphatic hydroxyl groups is 1. The maximum atomic E-state index is 12.1. The highest BCUT2D eigenvalue weighted by Gasteiger charge is 2.29. The van der Waals surface area contributed by atoms with Crippen molar-refractivity contribution in [3.05, 3.63) is 17.5 Å². The summed E-state index contributed by atoms with van der Waals surface area (Å²) in [5.41, 5.74) is 0.307. The van der Waals surface area contributed by atoms with E-state index in [1.54, 1.807) is 13.2 Å². The monoisotopic (exact) mass is 254 g/mol. The Hall–Kier alpha value is -1.40. The molecule has 1 fully saturated rings. The number of aromatic nitrogens is 1. The molecule has 2 rings (SSSR count). The molecule has 6 heteroatoms. The van der Waals surface area contributed by atoms with Gasteiger partial charge in [0.15, 0.2) is 5.69 Å². The van der Waals surface area contributed by atoms with E-state index in [9.17, 15) is 4.79 Å². The van der Waals surface area contributed by atoms with E-state index in [0.717, 1.165) is 18.6 Å². The van der Waals surface area contributed by atoms with Gasteiger partial charge in [-0.25, -0.2) is 0 Å². The zero-order chi connectivity index (χ0) is 13.0. The standard InChI is InChI=1S/C12H18N2O4/c1-17-7-5-14(4-6-15)12(16)10-8-11(18-13-10)9-2-3-9/h8-9,15H,2-7H2,1H3. The highest BCUT2D eigenvalue weighted by atomic mass is 16.5. The average Bonchev–Trinajstić information content (AvgIpc) is 3.11. The molecule has 0 bridgehead atoms. The van der Waals surface area contributed by atoms with Crippen LogP contribution in [0, 0.1) is 0 Å². The molecule has 0 aromatic carbocycles. The molecule has 0 spiro atoms. The van der Waals surface area contributed by atoms with Crippen molar-refractivity contribution in [2.75, 3.05) is 33.4 Å². The Morgan fingerprint density at radius 1 is 1.61 bits per heavy atom. The van der Waals surface area contributed by atoms with Gasteiger partial charge in [-0.15, -0.1) is 0 Å². The summed E-state index contributed by atoms with van der Waals surface area (Å²) in [6.45, 7) is 1.05. The highest BCUT2D eigenvalue weighted by Crippen LogP contribution is 2.40. The first-order valence-corrected chi connectivity index (χ1v) is 6.12. The normalized spacial score (nSPS) is 14.8. The lowest BCUT2D eigenvalue weighted by molar-refractivity contribution is 0.0646. The van der Waals surface area contributed by atoms with Gasteiger partial charge in [0, 0.05) is 32.2 Å². The minimum atomic E-state index is -0.225. The number of ether oxygens (including phenoxy) is 1. The zero-order valence-electron chi connectivity index (χ0n) is 10.5. The van der Waals surface area contributed by atoms with Crippen LogP contribution in [0.25, 0.3) is 0 Å². The fraction of sp³-hybridized carbons (Fsp3) is 0.667. The fourth-order valence-corrected chi connectivity index (χ4v) is 1.75. The second-order valence-electron chi connectivity index (χ2n) is 4.40. The van der Waals surface area contributed by atoms with Gasteiger partial charge in [-0.2, -0.15) is 0 Å². The maximum Gasteiger partial charge on any atom is 0.276 e. The van der Waals surface area contributed by atoms with Crippen molar-refractivity contribution in [2.45, 2.75) is 18.8 Å². The van der Waals surface area contributed by atoms with E-state index in [0.29, 0.717) is 24.8 Å². The summed E-state index contributed by atoms with van der Waals surface area (Å²) in [6, 6.07) is 1.71. The second kappa shape index (κ2) is 5.97. The topological polar surface area (TPSA) is 75.8 Å². The molecule has 0 radical (unpaired) electrons. The Kier molecular flexibility index (Phi) is 4.33. The van der Waals surface area contributed by atoms with Crippen LogP contribution in [-0.4, -0.2) is 54.5 Å². The molecule has 1 heterocycles. The Balaban J connectivity index is 2.00. The molecule has 0 saturated heterocycles. The summed E-state index contributed by atoms with van der Waals surface area (Å²) in [4.78, 5) is 13.6. The molecule has 0 atom stereocenters. The summed E-state index contributed by atoms with van der Waals surface area (Å²) in [7, 11) is 1.57.